The number of benzene rings is 2. The quantitative estimate of drug-likeness (QED) is 0.346. The number of hydrogen-bond acceptors (Lipinski definition) is 4. The highest BCUT2D eigenvalue weighted by molar-refractivity contribution is 9.10. The number of esters is 1. The molecule has 1 aromatic heterocycles. The predicted octanol–water partition coefficient (Wildman–Crippen LogP) is 4.49. The number of aryl methyl sites for hydroxylation is 1. The minimum absolute atomic E-state index is 0.479. The van der Waals surface area contributed by atoms with E-state index in [-0.39, 0.29) is 0 Å². The van der Waals surface area contributed by atoms with Gasteiger partial charge in [0.1, 0.15) is 0 Å². The summed E-state index contributed by atoms with van der Waals surface area (Å²) in [5, 5.41) is 11.6. The third kappa shape index (κ3) is 3.57. The number of nitro groups is 1. The van der Waals surface area contributed by atoms with Crippen molar-refractivity contribution in [2.24, 2.45) is 0 Å². The number of aromatic nitrogens is 1. The Morgan fingerprint density at radius 2 is 1.82 bits per heavy atom. The third-order valence-electron chi connectivity index (χ3n) is 4.80. The molecule has 0 saturated carbocycles. The van der Waals surface area contributed by atoms with Gasteiger partial charge in [0.15, 0.2) is 5.41 Å². The Kier molecular flexibility index (Phi) is 5.65. The van der Waals surface area contributed by atoms with Gasteiger partial charge in [-0.1, -0.05) is 58.4 Å². The van der Waals surface area contributed by atoms with Crippen molar-refractivity contribution in [3.8, 4) is 11.3 Å². The van der Waals surface area contributed by atoms with Crippen LogP contribution in [0.2, 0.25) is 0 Å². The Hall–Kier alpha value is -2.93. The SMILES string of the molecule is COC(=O)[C@@](C[N+](=O)[O-])(c1ccc(Br)cc1)c1cc(-c2ccccc2)[nH]c1C. The second-order valence-corrected chi connectivity index (χ2v) is 7.40. The highest BCUT2D eigenvalue weighted by Crippen LogP contribution is 2.38. The van der Waals surface area contributed by atoms with Gasteiger partial charge in [-0.15, -0.1) is 0 Å². The van der Waals surface area contributed by atoms with Crippen molar-refractivity contribution >= 4 is 21.9 Å². The van der Waals surface area contributed by atoms with Crippen molar-refractivity contribution in [1.82, 2.24) is 4.98 Å². The topological polar surface area (TPSA) is 85.2 Å². The minimum Gasteiger partial charge on any atom is -0.468 e. The first kappa shape index (κ1) is 19.8. The summed E-state index contributed by atoms with van der Waals surface area (Å²) in [6.45, 7) is 1.19. The molecule has 0 unspecified atom stereocenters. The fourth-order valence-corrected chi connectivity index (χ4v) is 3.77. The number of rotatable bonds is 6. The molecule has 1 atom stereocenters. The van der Waals surface area contributed by atoms with E-state index in [9.17, 15) is 14.9 Å². The van der Waals surface area contributed by atoms with E-state index in [2.05, 4.69) is 20.9 Å². The van der Waals surface area contributed by atoms with Crippen molar-refractivity contribution in [3.63, 3.8) is 0 Å². The molecule has 0 fully saturated rings. The zero-order chi connectivity index (χ0) is 20.3. The summed E-state index contributed by atoms with van der Waals surface area (Å²) in [6.07, 6.45) is 0. The average molecular weight is 443 g/mol. The van der Waals surface area contributed by atoms with Crippen molar-refractivity contribution in [2.75, 3.05) is 13.7 Å². The lowest BCUT2D eigenvalue weighted by Gasteiger charge is -2.28. The van der Waals surface area contributed by atoms with Gasteiger partial charge in [0.2, 0.25) is 6.54 Å². The number of halogens is 1. The van der Waals surface area contributed by atoms with E-state index in [1.807, 2.05) is 30.3 Å². The second-order valence-electron chi connectivity index (χ2n) is 6.48. The Bertz CT molecular complexity index is 999. The fourth-order valence-electron chi connectivity index (χ4n) is 3.50. The van der Waals surface area contributed by atoms with E-state index in [4.69, 9.17) is 4.74 Å². The molecule has 0 bridgehead atoms. The molecule has 0 aliphatic heterocycles. The summed E-state index contributed by atoms with van der Waals surface area (Å²) < 4.78 is 5.87. The fraction of sp³-hybridized carbons (Fsp3) is 0.190. The molecule has 0 amide bonds. The summed E-state index contributed by atoms with van der Waals surface area (Å²) >= 11 is 3.37. The Morgan fingerprint density at radius 1 is 1.18 bits per heavy atom. The van der Waals surface area contributed by atoms with Gasteiger partial charge in [0.05, 0.1) is 7.11 Å². The molecular weight excluding hydrogens is 424 g/mol. The van der Waals surface area contributed by atoms with E-state index >= 15 is 0 Å². The van der Waals surface area contributed by atoms with Crippen LogP contribution in [0.5, 0.6) is 0 Å². The number of carbonyl (C=O) groups excluding carboxylic acids is 1. The summed E-state index contributed by atoms with van der Waals surface area (Å²) in [5.41, 5.74) is 1.84. The maximum Gasteiger partial charge on any atom is 0.327 e. The summed E-state index contributed by atoms with van der Waals surface area (Å²) in [4.78, 5) is 27.4. The molecule has 3 aromatic rings. The Balaban J connectivity index is 2.27. The molecule has 0 aliphatic carbocycles. The molecule has 1 heterocycles. The average Bonchev–Trinajstić information content (AvgIpc) is 3.08. The molecule has 0 radical (unpaired) electrons. The first-order chi connectivity index (χ1) is 13.4. The zero-order valence-electron chi connectivity index (χ0n) is 15.4. The van der Waals surface area contributed by atoms with Crippen molar-refractivity contribution in [3.05, 3.63) is 92.1 Å². The van der Waals surface area contributed by atoms with E-state index in [0.29, 0.717) is 16.8 Å². The van der Waals surface area contributed by atoms with Gasteiger partial charge in [0, 0.05) is 26.3 Å². The number of methoxy groups -OCH3 is 1. The monoisotopic (exact) mass is 442 g/mol. The van der Waals surface area contributed by atoms with Crippen LogP contribution in [0, 0.1) is 17.0 Å². The molecule has 6 nitrogen and oxygen atoms in total. The van der Waals surface area contributed by atoms with Crippen LogP contribution >= 0.6 is 15.9 Å². The van der Waals surface area contributed by atoms with E-state index in [0.717, 1.165) is 15.7 Å². The summed E-state index contributed by atoms with van der Waals surface area (Å²) in [7, 11) is 1.25. The number of carbonyl (C=O) groups is 1. The standard InChI is InChI=1S/C21H19BrN2O4/c1-14-18(12-19(23-14)15-6-4-3-5-7-15)21(13-24(26)27,20(25)28-2)16-8-10-17(22)11-9-16/h3-12,23H,13H2,1-2H3/t21-/m0/s1. The summed E-state index contributed by atoms with van der Waals surface area (Å²) in [6, 6.07) is 18.3. The van der Waals surface area contributed by atoms with Gasteiger partial charge < -0.3 is 9.72 Å². The molecule has 3 rings (SSSR count). The van der Waals surface area contributed by atoms with Crippen LogP contribution < -0.4 is 0 Å². The van der Waals surface area contributed by atoms with Crippen LogP contribution in [-0.2, 0) is 14.9 Å². The number of aromatic amines is 1. The van der Waals surface area contributed by atoms with Crippen LogP contribution in [-0.4, -0.2) is 29.5 Å². The molecule has 0 aliphatic rings. The highest BCUT2D eigenvalue weighted by Gasteiger charge is 2.50. The molecule has 7 heteroatoms. The number of nitrogens with zero attached hydrogens (tertiary/aromatic N) is 1. The van der Waals surface area contributed by atoms with Crippen LogP contribution in [0.25, 0.3) is 11.3 Å². The van der Waals surface area contributed by atoms with E-state index < -0.39 is 22.9 Å². The predicted molar refractivity (Wildman–Crippen MR) is 110 cm³/mol. The maximum absolute atomic E-state index is 13.0. The lowest BCUT2D eigenvalue weighted by atomic mass is 9.74. The number of ether oxygens (including phenoxy) is 1. The first-order valence-corrected chi connectivity index (χ1v) is 9.39. The van der Waals surface area contributed by atoms with Crippen LogP contribution in [0.4, 0.5) is 0 Å². The lowest BCUT2D eigenvalue weighted by Crippen LogP contribution is -2.44. The molecule has 0 spiro atoms. The van der Waals surface area contributed by atoms with Gasteiger partial charge in [-0.2, -0.15) is 0 Å². The third-order valence-corrected chi connectivity index (χ3v) is 5.33. The Morgan fingerprint density at radius 3 is 2.39 bits per heavy atom. The van der Waals surface area contributed by atoms with Crippen molar-refractivity contribution in [2.45, 2.75) is 12.3 Å². The molecule has 28 heavy (non-hydrogen) atoms. The van der Waals surface area contributed by atoms with Gasteiger partial charge in [-0.25, -0.2) is 0 Å². The molecule has 2 aromatic carbocycles. The summed E-state index contributed by atoms with van der Waals surface area (Å²) in [5.74, 6) is -0.673. The lowest BCUT2D eigenvalue weighted by molar-refractivity contribution is -0.486. The number of hydrogen-bond donors (Lipinski definition) is 1. The largest absolute Gasteiger partial charge is 0.468 e. The number of nitrogens with one attached hydrogen (secondary N) is 1. The number of H-pyrrole nitrogens is 1. The van der Waals surface area contributed by atoms with Gasteiger partial charge in [0.25, 0.3) is 0 Å². The molecular formula is C21H19BrN2O4. The van der Waals surface area contributed by atoms with Crippen LogP contribution in [0.1, 0.15) is 16.8 Å². The molecule has 0 saturated heterocycles. The first-order valence-electron chi connectivity index (χ1n) is 8.60. The van der Waals surface area contributed by atoms with E-state index in [1.165, 1.54) is 7.11 Å². The minimum atomic E-state index is -1.56. The van der Waals surface area contributed by atoms with Crippen LogP contribution in [0.3, 0.4) is 0 Å². The van der Waals surface area contributed by atoms with Gasteiger partial charge >= 0.3 is 5.97 Å². The molecule has 1 N–H and O–H groups in total. The second kappa shape index (κ2) is 7.98. The van der Waals surface area contributed by atoms with Gasteiger partial charge in [-0.05, 0) is 36.2 Å². The van der Waals surface area contributed by atoms with Crippen LogP contribution in [0.15, 0.2) is 65.1 Å². The van der Waals surface area contributed by atoms with Gasteiger partial charge in [-0.3, -0.25) is 14.9 Å². The zero-order valence-corrected chi connectivity index (χ0v) is 17.0. The maximum atomic E-state index is 13.0. The smallest absolute Gasteiger partial charge is 0.327 e. The molecule has 144 valence electrons. The van der Waals surface area contributed by atoms with Crippen molar-refractivity contribution in [1.29, 1.82) is 0 Å². The highest BCUT2D eigenvalue weighted by atomic mass is 79.9. The Labute approximate surface area is 170 Å². The normalized spacial score (nSPS) is 13.0. The van der Waals surface area contributed by atoms with Crippen molar-refractivity contribution < 1.29 is 14.5 Å². The van der Waals surface area contributed by atoms with E-state index in [1.54, 1.807) is 37.3 Å².